The number of nitrogens with zero attached hydrogens (tertiary/aromatic N) is 1. The highest BCUT2D eigenvalue weighted by atomic mass is 19.3. The van der Waals surface area contributed by atoms with Crippen molar-refractivity contribution in [2.24, 2.45) is 5.73 Å². The minimum absolute atomic E-state index is 0.148. The summed E-state index contributed by atoms with van der Waals surface area (Å²) in [5.74, 6) is 0. The van der Waals surface area contributed by atoms with Crippen molar-refractivity contribution in [2.75, 3.05) is 26.7 Å². The van der Waals surface area contributed by atoms with Gasteiger partial charge in [-0.15, -0.1) is 0 Å². The standard InChI is InChI=1S/C8H18F2N2O/c1-8(13,6-11)3-4-12(2)5-7(9)10/h7,13H,3-6,11H2,1-2H3. The fourth-order valence-corrected chi connectivity index (χ4v) is 0.861. The summed E-state index contributed by atoms with van der Waals surface area (Å²) in [4.78, 5) is 1.48. The Labute approximate surface area is 77.5 Å². The molecule has 0 spiro atoms. The van der Waals surface area contributed by atoms with E-state index in [1.165, 1.54) is 4.90 Å². The first-order chi connectivity index (χ1) is 5.87. The quantitative estimate of drug-likeness (QED) is 0.641. The molecule has 0 bridgehead atoms. The van der Waals surface area contributed by atoms with Crippen LogP contribution in [0.1, 0.15) is 13.3 Å². The third-order valence-electron chi connectivity index (χ3n) is 1.92. The Morgan fingerprint density at radius 3 is 2.46 bits per heavy atom. The van der Waals surface area contributed by atoms with E-state index in [1.54, 1.807) is 14.0 Å². The Balaban J connectivity index is 3.63. The molecule has 1 unspecified atom stereocenters. The lowest BCUT2D eigenvalue weighted by Gasteiger charge is -2.24. The van der Waals surface area contributed by atoms with Gasteiger partial charge in [-0.2, -0.15) is 0 Å². The van der Waals surface area contributed by atoms with Crippen LogP contribution >= 0.6 is 0 Å². The Bertz CT molecular complexity index is 142. The molecule has 0 heterocycles. The summed E-state index contributed by atoms with van der Waals surface area (Å²) >= 11 is 0. The summed E-state index contributed by atoms with van der Waals surface area (Å²) in [6, 6.07) is 0. The van der Waals surface area contributed by atoms with Crippen LogP contribution in [0.15, 0.2) is 0 Å². The number of hydrogen-bond acceptors (Lipinski definition) is 3. The van der Waals surface area contributed by atoms with Gasteiger partial charge < -0.3 is 15.7 Å². The topological polar surface area (TPSA) is 49.5 Å². The van der Waals surface area contributed by atoms with Crippen molar-refractivity contribution in [3.05, 3.63) is 0 Å². The summed E-state index contributed by atoms with van der Waals surface area (Å²) in [5, 5.41) is 9.47. The van der Waals surface area contributed by atoms with Gasteiger partial charge in [0.2, 0.25) is 0 Å². The highest BCUT2D eigenvalue weighted by Crippen LogP contribution is 2.07. The molecule has 0 aliphatic heterocycles. The van der Waals surface area contributed by atoms with Crippen molar-refractivity contribution < 1.29 is 13.9 Å². The van der Waals surface area contributed by atoms with Gasteiger partial charge in [-0.05, 0) is 20.4 Å². The maximum atomic E-state index is 11.9. The van der Waals surface area contributed by atoms with Crippen LogP contribution in [0.5, 0.6) is 0 Å². The van der Waals surface area contributed by atoms with E-state index in [1.807, 2.05) is 0 Å². The van der Waals surface area contributed by atoms with Crippen molar-refractivity contribution in [3.8, 4) is 0 Å². The first-order valence-corrected chi connectivity index (χ1v) is 4.26. The SMILES string of the molecule is CN(CCC(C)(O)CN)CC(F)F. The number of rotatable bonds is 6. The van der Waals surface area contributed by atoms with Crippen LogP contribution < -0.4 is 5.73 Å². The van der Waals surface area contributed by atoms with E-state index in [-0.39, 0.29) is 13.1 Å². The summed E-state index contributed by atoms with van der Waals surface area (Å²) < 4.78 is 23.7. The Morgan fingerprint density at radius 1 is 1.54 bits per heavy atom. The van der Waals surface area contributed by atoms with Crippen molar-refractivity contribution in [2.45, 2.75) is 25.4 Å². The first kappa shape index (κ1) is 12.7. The maximum Gasteiger partial charge on any atom is 0.251 e. The highest BCUT2D eigenvalue weighted by Gasteiger charge is 2.19. The van der Waals surface area contributed by atoms with Gasteiger partial charge in [-0.1, -0.05) is 0 Å². The van der Waals surface area contributed by atoms with Crippen molar-refractivity contribution in [1.82, 2.24) is 4.90 Å². The summed E-state index contributed by atoms with van der Waals surface area (Å²) in [7, 11) is 1.60. The molecule has 0 radical (unpaired) electrons. The van der Waals surface area contributed by atoms with Crippen LogP contribution in [-0.2, 0) is 0 Å². The monoisotopic (exact) mass is 196 g/mol. The fourth-order valence-electron chi connectivity index (χ4n) is 0.861. The molecule has 0 aliphatic rings. The largest absolute Gasteiger partial charge is 0.389 e. The van der Waals surface area contributed by atoms with Crippen LogP contribution in [-0.4, -0.2) is 48.7 Å². The average molecular weight is 196 g/mol. The number of halogens is 2. The lowest BCUT2D eigenvalue weighted by Crippen LogP contribution is -2.38. The van der Waals surface area contributed by atoms with Crippen LogP contribution in [0.25, 0.3) is 0 Å². The van der Waals surface area contributed by atoms with Crippen molar-refractivity contribution >= 4 is 0 Å². The average Bonchev–Trinajstić information content (AvgIpc) is 2.00. The Hall–Kier alpha value is -0.260. The van der Waals surface area contributed by atoms with Crippen LogP contribution in [0.2, 0.25) is 0 Å². The summed E-state index contributed by atoms with van der Waals surface area (Å²) in [6.07, 6.45) is -1.92. The zero-order chi connectivity index (χ0) is 10.5. The van der Waals surface area contributed by atoms with Gasteiger partial charge in [-0.25, -0.2) is 8.78 Å². The van der Waals surface area contributed by atoms with E-state index in [0.29, 0.717) is 13.0 Å². The predicted octanol–water partition coefficient (Wildman–Crippen LogP) is 0.283. The van der Waals surface area contributed by atoms with E-state index < -0.39 is 12.0 Å². The van der Waals surface area contributed by atoms with Gasteiger partial charge in [0.25, 0.3) is 6.43 Å². The molecule has 5 heteroatoms. The van der Waals surface area contributed by atoms with Gasteiger partial charge in [0.15, 0.2) is 0 Å². The highest BCUT2D eigenvalue weighted by molar-refractivity contribution is 4.74. The molecule has 0 saturated heterocycles. The minimum Gasteiger partial charge on any atom is -0.389 e. The second kappa shape index (κ2) is 5.47. The van der Waals surface area contributed by atoms with E-state index in [4.69, 9.17) is 5.73 Å². The maximum absolute atomic E-state index is 11.9. The zero-order valence-corrected chi connectivity index (χ0v) is 8.13. The van der Waals surface area contributed by atoms with E-state index in [0.717, 1.165) is 0 Å². The molecule has 0 aliphatic carbocycles. The molecule has 0 amide bonds. The van der Waals surface area contributed by atoms with Crippen LogP contribution in [0.4, 0.5) is 8.78 Å². The molecule has 0 fully saturated rings. The second-order valence-electron chi connectivity index (χ2n) is 3.60. The predicted molar refractivity (Wildman–Crippen MR) is 47.8 cm³/mol. The third-order valence-corrected chi connectivity index (χ3v) is 1.92. The molecular formula is C8H18F2N2O. The van der Waals surface area contributed by atoms with Crippen LogP contribution in [0, 0.1) is 0 Å². The van der Waals surface area contributed by atoms with Gasteiger partial charge in [0.1, 0.15) is 0 Å². The van der Waals surface area contributed by atoms with E-state index in [9.17, 15) is 13.9 Å². The van der Waals surface area contributed by atoms with Crippen LogP contribution in [0.3, 0.4) is 0 Å². The smallest absolute Gasteiger partial charge is 0.251 e. The Morgan fingerprint density at radius 2 is 2.08 bits per heavy atom. The molecule has 13 heavy (non-hydrogen) atoms. The second-order valence-corrected chi connectivity index (χ2v) is 3.60. The summed E-state index contributed by atoms with van der Waals surface area (Å²) in [5.41, 5.74) is 4.33. The molecular weight excluding hydrogens is 178 g/mol. The number of alkyl halides is 2. The van der Waals surface area contributed by atoms with Gasteiger partial charge >= 0.3 is 0 Å². The number of nitrogens with two attached hydrogens (primary N) is 1. The minimum atomic E-state index is -2.33. The fraction of sp³-hybridized carbons (Fsp3) is 1.00. The first-order valence-electron chi connectivity index (χ1n) is 4.26. The molecule has 0 saturated carbocycles. The zero-order valence-electron chi connectivity index (χ0n) is 8.13. The molecule has 0 aromatic heterocycles. The molecule has 3 nitrogen and oxygen atoms in total. The lowest BCUT2D eigenvalue weighted by atomic mass is 10.0. The molecule has 0 aromatic rings. The van der Waals surface area contributed by atoms with Gasteiger partial charge in [0.05, 0.1) is 12.1 Å². The number of hydrogen-bond donors (Lipinski definition) is 2. The van der Waals surface area contributed by atoms with Crippen molar-refractivity contribution in [1.29, 1.82) is 0 Å². The molecule has 80 valence electrons. The number of aliphatic hydroxyl groups is 1. The lowest BCUT2D eigenvalue weighted by molar-refractivity contribution is 0.0398. The molecule has 3 N–H and O–H groups in total. The Kier molecular flexibility index (Phi) is 5.36. The van der Waals surface area contributed by atoms with Gasteiger partial charge in [-0.3, -0.25) is 0 Å². The summed E-state index contributed by atoms with van der Waals surface area (Å²) in [6.45, 7) is 1.91. The van der Waals surface area contributed by atoms with E-state index >= 15 is 0 Å². The van der Waals surface area contributed by atoms with Crippen molar-refractivity contribution in [3.63, 3.8) is 0 Å². The molecule has 0 rings (SSSR count). The van der Waals surface area contributed by atoms with Gasteiger partial charge in [0, 0.05) is 13.1 Å². The third kappa shape index (κ3) is 6.86. The van der Waals surface area contributed by atoms with E-state index in [2.05, 4.69) is 0 Å². The molecule has 1 atom stereocenters. The normalized spacial score (nSPS) is 16.6. The molecule has 0 aromatic carbocycles.